The van der Waals surface area contributed by atoms with Gasteiger partial charge in [-0.05, 0) is 77.9 Å². The number of rotatable bonds is 3. The zero-order valence-corrected chi connectivity index (χ0v) is 25.1. The lowest BCUT2D eigenvalue weighted by atomic mass is 9.99. The normalized spacial score (nSPS) is 10.7. The molecule has 2 heterocycles. The molecule has 0 saturated heterocycles. The van der Waals surface area contributed by atoms with Crippen molar-refractivity contribution in [2.24, 2.45) is 0 Å². The van der Waals surface area contributed by atoms with E-state index < -0.39 is 0 Å². The minimum Gasteiger partial charge on any atom is -0.537 e. The van der Waals surface area contributed by atoms with Crippen LogP contribution in [0.25, 0.3) is 55.0 Å². The van der Waals surface area contributed by atoms with Crippen LogP contribution in [0.4, 0.5) is 11.4 Å². The summed E-state index contributed by atoms with van der Waals surface area (Å²) in [4.78, 5) is 0. The topological polar surface area (TPSA) is 108 Å². The third-order valence-electron chi connectivity index (χ3n) is 7.04. The predicted octanol–water partition coefficient (Wildman–Crippen LogP) is 9.36. The zero-order chi connectivity index (χ0) is 30.5. The minimum absolute atomic E-state index is 0.588. The third kappa shape index (κ3) is 6.13. The van der Waals surface area contributed by atoms with Gasteiger partial charge in [-0.25, -0.2) is 0 Å². The number of hydrogen-bond donors (Lipinski definition) is 3. The lowest BCUT2D eigenvalue weighted by Crippen LogP contribution is -1.99. The van der Waals surface area contributed by atoms with Gasteiger partial charge in [-0.2, -0.15) is 0 Å². The molecule has 0 aliphatic rings. The van der Waals surface area contributed by atoms with Gasteiger partial charge < -0.3 is 30.0 Å². The summed E-state index contributed by atoms with van der Waals surface area (Å²) in [6.07, 6.45) is 0. The van der Waals surface area contributed by atoms with E-state index in [1.165, 1.54) is 5.56 Å². The van der Waals surface area contributed by atoms with E-state index in [0.29, 0.717) is 13.4 Å². The van der Waals surface area contributed by atoms with Gasteiger partial charge in [-0.15, -0.1) is 0 Å². The molecule has 0 bridgehead atoms. The molecule has 215 valence electrons. The lowest BCUT2D eigenvalue weighted by Gasteiger charge is -2.04. The smallest absolute Gasteiger partial charge is 0.537 e. The Hall–Kier alpha value is -5.18. The molecule has 8 rings (SSSR count). The molecule has 8 heteroatoms. The molecule has 6 aromatic carbocycles. The van der Waals surface area contributed by atoms with Gasteiger partial charge in [0.25, 0.3) is 0 Å². The van der Waals surface area contributed by atoms with E-state index in [0.717, 1.165) is 65.3 Å². The molecule has 2 aromatic heterocycles. The summed E-state index contributed by atoms with van der Waals surface area (Å²) >= 11 is 3.29. The molecule has 0 atom stereocenters. The van der Waals surface area contributed by atoms with Crippen molar-refractivity contribution in [1.29, 1.82) is 0 Å². The maximum Gasteiger partial charge on any atom is 0.569 e. The Kier molecular flexibility index (Phi) is 8.54. The molecule has 0 fully saturated rings. The number of nitrogen functional groups attached to an aromatic ring is 2. The fourth-order valence-corrected chi connectivity index (χ4v) is 5.30. The van der Waals surface area contributed by atoms with Crippen molar-refractivity contribution in [3.63, 3.8) is 0 Å². The fourth-order valence-electron chi connectivity index (χ4n) is 5.04. The average Bonchev–Trinajstić information content (AvgIpc) is 3.63. The molecule has 0 unspecified atom stereocenters. The SMILES string of the molecule is Nc1ccc(-c2cccc3oc4ccccc4c23)cc1.Nc1ccc(Br)cc1.O[B]Oc1cccc2oc3ccccc3c12. The second-order valence-electron chi connectivity index (χ2n) is 9.90. The largest absolute Gasteiger partial charge is 0.569 e. The molecule has 5 N–H and O–H groups in total. The average molecular weight is 642 g/mol. The first-order valence-electron chi connectivity index (χ1n) is 13.8. The van der Waals surface area contributed by atoms with Crippen molar-refractivity contribution in [3.05, 3.63) is 138 Å². The number of para-hydroxylation sites is 2. The first-order valence-corrected chi connectivity index (χ1v) is 14.6. The first kappa shape index (κ1) is 28.9. The molecule has 0 saturated carbocycles. The van der Waals surface area contributed by atoms with Crippen molar-refractivity contribution >= 4 is 78.9 Å². The second kappa shape index (κ2) is 13.0. The van der Waals surface area contributed by atoms with E-state index in [4.69, 9.17) is 30.0 Å². The van der Waals surface area contributed by atoms with Gasteiger partial charge in [-0.3, -0.25) is 0 Å². The summed E-state index contributed by atoms with van der Waals surface area (Å²) in [6.45, 7) is 0. The number of fused-ring (bicyclic) bond motifs is 6. The van der Waals surface area contributed by atoms with Crippen LogP contribution in [0.2, 0.25) is 0 Å². The molecular formula is C36H27BBrN2O4. The zero-order valence-electron chi connectivity index (χ0n) is 23.5. The van der Waals surface area contributed by atoms with Crippen molar-refractivity contribution in [2.75, 3.05) is 11.5 Å². The van der Waals surface area contributed by atoms with Crippen LogP contribution in [0, 0.1) is 0 Å². The number of halogens is 1. The van der Waals surface area contributed by atoms with Gasteiger partial charge in [0, 0.05) is 32.0 Å². The van der Waals surface area contributed by atoms with E-state index >= 15 is 0 Å². The highest BCUT2D eigenvalue weighted by molar-refractivity contribution is 9.10. The van der Waals surface area contributed by atoms with Crippen LogP contribution in [-0.2, 0) is 0 Å². The summed E-state index contributed by atoms with van der Waals surface area (Å²) in [5, 5.41) is 12.9. The fraction of sp³-hybridized carbons (Fsp3) is 0. The van der Waals surface area contributed by atoms with E-state index in [9.17, 15) is 0 Å². The minimum atomic E-state index is 0.588. The lowest BCUT2D eigenvalue weighted by molar-refractivity contribution is 0.456. The molecular weight excluding hydrogens is 615 g/mol. The Morgan fingerprint density at radius 3 is 1.64 bits per heavy atom. The Balaban J connectivity index is 0.000000128. The van der Waals surface area contributed by atoms with Crippen LogP contribution >= 0.6 is 15.9 Å². The van der Waals surface area contributed by atoms with Gasteiger partial charge >= 0.3 is 7.69 Å². The highest BCUT2D eigenvalue weighted by Crippen LogP contribution is 2.37. The van der Waals surface area contributed by atoms with Crippen LogP contribution in [0.5, 0.6) is 5.75 Å². The number of furan rings is 2. The van der Waals surface area contributed by atoms with Crippen molar-refractivity contribution < 1.29 is 18.5 Å². The number of nitrogens with two attached hydrogens (primary N) is 2. The van der Waals surface area contributed by atoms with E-state index in [1.807, 2.05) is 115 Å². The van der Waals surface area contributed by atoms with Crippen LogP contribution in [0.1, 0.15) is 0 Å². The van der Waals surface area contributed by atoms with E-state index in [-0.39, 0.29) is 0 Å². The van der Waals surface area contributed by atoms with Crippen LogP contribution in [0.3, 0.4) is 0 Å². The second-order valence-corrected chi connectivity index (χ2v) is 10.8. The summed E-state index contributed by atoms with van der Waals surface area (Å²) in [5.74, 6) is 0.588. The maximum absolute atomic E-state index is 8.71. The van der Waals surface area contributed by atoms with Gasteiger partial charge in [-0.1, -0.05) is 82.7 Å². The monoisotopic (exact) mass is 641 g/mol. The van der Waals surface area contributed by atoms with Gasteiger partial charge in [0.05, 0.1) is 5.39 Å². The maximum atomic E-state index is 8.71. The molecule has 0 aliphatic heterocycles. The standard InChI is InChI=1S/C18H13NO.C12H8BO3.C6H6BrN/c19-13-10-8-12(9-11-13)14-5-3-7-17-18(14)15-4-1-2-6-16(15)20-17;14-13-16-11-7-3-6-10-12(11)8-4-1-2-5-9(8)15-10;7-5-1-3-6(8)4-2-5/h1-11H,19H2;1-7,14H;1-4H,8H2. The molecule has 1 radical (unpaired) electrons. The Bertz CT molecular complexity index is 2150. The van der Waals surface area contributed by atoms with Crippen molar-refractivity contribution in [3.8, 4) is 16.9 Å². The molecule has 0 aliphatic carbocycles. The molecule has 44 heavy (non-hydrogen) atoms. The van der Waals surface area contributed by atoms with Crippen LogP contribution in [0.15, 0.2) is 147 Å². The number of benzene rings is 6. The Morgan fingerprint density at radius 2 is 1.05 bits per heavy atom. The van der Waals surface area contributed by atoms with Crippen molar-refractivity contribution in [1.82, 2.24) is 0 Å². The number of anilines is 2. The summed E-state index contributed by atoms with van der Waals surface area (Å²) in [6, 6.07) is 43.0. The first-order chi connectivity index (χ1) is 21.5. The van der Waals surface area contributed by atoms with Gasteiger partial charge in [0.15, 0.2) is 0 Å². The predicted molar refractivity (Wildman–Crippen MR) is 184 cm³/mol. The van der Waals surface area contributed by atoms with Crippen LogP contribution in [-0.4, -0.2) is 12.7 Å². The summed E-state index contributed by atoms with van der Waals surface area (Å²) in [7, 11) is 0.677. The quantitative estimate of drug-likeness (QED) is 0.131. The van der Waals surface area contributed by atoms with E-state index in [2.05, 4.69) is 28.1 Å². The number of hydrogen-bond acceptors (Lipinski definition) is 6. The van der Waals surface area contributed by atoms with Gasteiger partial charge in [0.2, 0.25) is 0 Å². The summed E-state index contributed by atoms with van der Waals surface area (Å²) in [5.41, 5.74) is 18.5. The Morgan fingerprint density at radius 1 is 0.545 bits per heavy atom. The molecule has 0 spiro atoms. The van der Waals surface area contributed by atoms with Crippen LogP contribution < -0.4 is 16.1 Å². The highest BCUT2D eigenvalue weighted by Gasteiger charge is 2.12. The molecule has 6 nitrogen and oxygen atoms in total. The molecule has 8 aromatic rings. The third-order valence-corrected chi connectivity index (χ3v) is 7.57. The molecule has 0 amide bonds. The Labute approximate surface area is 262 Å². The summed E-state index contributed by atoms with van der Waals surface area (Å²) < 4.78 is 17.7. The van der Waals surface area contributed by atoms with Gasteiger partial charge in [0.1, 0.15) is 28.1 Å². The highest BCUT2D eigenvalue weighted by atomic mass is 79.9. The van der Waals surface area contributed by atoms with E-state index in [1.54, 1.807) is 6.07 Å². The van der Waals surface area contributed by atoms with Crippen molar-refractivity contribution in [2.45, 2.75) is 0 Å².